The zero-order valence-electron chi connectivity index (χ0n) is 20.8. The van der Waals surface area contributed by atoms with Crippen LogP contribution in [0.4, 0.5) is 5.69 Å². The third-order valence-electron chi connectivity index (χ3n) is 5.05. The van der Waals surface area contributed by atoms with Crippen LogP contribution < -0.4 is 67.0 Å². The van der Waals surface area contributed by atoms with E-state index in [-0.39, 0.29) is 62.6 Å². The fraction of sp³-hybridized carbons (Fsp3) is 0.320. The standard InChI is InChI=1S/C16H17ClN5OS.C7H5NO.C2H6.K/c1-23-13-8-19-14(17)6-10(13)11-7-18-5-4-12(11)20-16-22-21-15(24-16)9-2-3-9;8-5-6-2-1-3-7(9)4-6;1-2;/h4-9,15-16,21-22H,2-3H2,1H3;1-4,9H;1-2H3;/q-1;;;+1. The maximum Gasteiger partial charge on any atom is 1.00 e. The van der Waals surface area contributed by atoms with E-state index >= 15 is 0 Å². The number of benzene rings is 1. The van der Waals surface area contributed by atoms with E-state index < -0.39 is 0 Å². The molecular weight excluding hydrogens is 523 g/mol. The molecule has 3 N–H and O–H groups in total. The number of nitrogens with one attached hydrogen (secondary N) is 2. The molecule has 0 radical (unpaired) electrons. The zero-order chi connectivity index (χ0) is 25.2. The number of rotatable bonds is 5. The van der Waals surface area contributed by atoms with Crippen LogP contribution >= 0.6 is 23.4 Å². The molecule has 1 saturated carbocycles. The number of thioether (sulfide) groups is 1. The zero-order valence-corrected chi connectivity index (χ0v) is 25.5. The Morgan fingerprint density at radius 2 is 1.94 bits per heavy atom. The Labute approximate surface area is 264 Å². The predicted octanol–water partition coefficient (Wildman–Crippen LogP) is 2.97. The van der Waals surface area contributed by atoms with Gasteiger partial charge >= 0.3 is 51.4 Å². The van der Waals surface area contributed by atoms with Crippen molar-refractivity contribution in [2.24, 2.45) is 5.92 Å². The number of aromatic nitrogens is 2. The quantitative estimate of drug-likeness (QED) is 0.328. The van der Waals surface area contributed by atoms with Gasteiger partial charge in [0.2, 0.25) is 0 Å². The summed E-state index contributed by atoms with van der Waals surface area (Å²) in [6.45, 7) is 4.00. The van der Waals surface area contributed by atoms with Gasteiger partial charge in [0.1, 0.15) is 16.7 Å². The molecule has 0 amide bonds. The van der Waals surface area contributed by atoms with Crippen LogP contribution in [0.25, 0.3) is 16.4 Å². The number of pyridine rings is 2. The minimum absolute atomic E-state index is 0. The summed E-state index contributed by atoms with van der Waals surface area (Å²) >= 11 is 7.88. The van der Waals surface area contributed by atoms with Gasteiger partial charge in [-0.15, -0.1) is 17.4 Å². The molecule has 3 heterocycles. The topological polar surface area (TPSA) is 117 Å². The molecule has 184 valence electrons. The van der Waals surface area contributed by atoms with E-state index in [2.05, 4.69) is 20.8 Å². The van der Waals surface area contributed by atoms with E-state index in [0.717, 1.165) is 22.7 Å². The Morgan fingerprint density at radius 1 is 1.17 bits per heavy atom. The van der Waals surface area contributed by atoms with Gasteiger partial charge in [-0.3, -0.25) is 10.4 Å². The molecule has 1 aliphatic carbocycles. The van der Waals surface area contributed by atoms with Gasteiger partial charge in [0.05, 0.1) is 30.3 Å². The van der Waals surface area contributed by atoms with Gasteiger partial charge in [0, 0.05) is 18.0 Å². The molecule has 2 aromatic heterocycles. The van der Waals surface area contributed by atoms with Crippen LogP contribution in [-0.4, -0.2) is 33.1 Å². The van der Waals surface area contributed by atoms with Gasteiger partial charge in [0.15, 0.2) is 0 Å². The maximum absolute atomic E-state index is 8.79. The summed E-state index contributed by atoms with van der Waals surface area (Å²) in [5, 5.41) is 22.8. The van der Waals surface area contributed by atoms with Crippen LogP contribution in [-0.2, 0) is 0 Å². The number of methoxy groups -OCH3 is 1. The number of hydrogen-bond donors (Lipinski definition) is 3. The number of phenolic OH excluding ortho intramolecular Hbond substituents is 1. The SMILES string of the molecule is CC.COc1cnc(Cl)cc1-c1cnccc1[N-]C1NNC(C2CC2)S1.N#Cc1cccc(O)c1.[K+]. The van der Waals surface area contributed by atoms with Crippen LogP contribution in [0.5, 0.6) is 11.5 Å². The number of hydrogen-bond acceptors (Lipinski definition) is 8. The Hall–Kier alpha value is -1.39. The normalized spacial score (nSPS) is 17.8. The molecule has 2 atom stereocenters. The number of nitriles is 1. The Balaban J connectivity index is 0.000000322. The first-order valence-corrected chi connectivity index (χ1v) is 12.6. The second kappa shape index (κ2) is 15.8. The van der Waals surface area contributed by atoms with E-state index in [9.17, 15) is 0 Å². The molecule has 2 fully saturated rings. The molecule has 1 aliphatic heterocycles. The summed E-state index contributed by atoms with van der Waals surface area (Å²) in [4.78, 5) is 8.30. The molecule has 3 aromatic rings. The third kappa shape index (κ3) is 8.87. The number of halogens is 1. The summed E-state index contributed by atoms with van der Waals surface area (Å²) in [5.74, 6) is 1.54. The number of nitrogens with zero attached hydrogens (tertiary/aromatic N) is 4. The first-order chi connectivity index (χ1) is 17.1. The molecule has 2 unspecified atom stereocenters. The summed E-state index contributed by atoms with van der Waals surface area (Å²) in [7, 11) is 1.61. The van der Waals surface area contributed by atoms with Crippen molar-refractivity contribution in [3.8, 4) is 28.7 Å². The molecule has 1 aromatic carbocycles. The van der Waals surface area contributed by atoms with Gasteiger partial charge in [-0.05, 0) is 54.1 Å². The molecule has 11 heteroatoms. The monoisotopic (exact) mass is 550 g/mol. The average molecular weight is 551 g/mol. The van der Waals surface area contributed by atoms with Crippen molar-refractivity contribution >= 4 is 29.1 Å². The molecule has 0 spiro atoms. The van der Waals surface area contributed by atoms with Crippen molar-refractivity contribution in [2.75, 3.05) is 7.11 Å². The van der Waals surface area contributed by atoms with Crippen molar-refractivity contribution in [1.29, 1.82) is 5.26 Å². The number of phenols is 1. The van der Waals surface area contributed by atoms with E-state index in [0.29, 0.717) is 21.8 Å². The minimum Gasteiger partial charge on any atom is -0.660 e. The smallest absolute Gasteiger partial charge is 0.660 e. The van der Waals surface area contributed by atoms with E-state index in [1.165, 1.54) is 25.0 Å². The van der Waals surface area contributed by atoms with Crippen LogP contribution in [0, 0.1) is 17.2 Å². The predicted molar refractivity (Wildman–Crippen MR) is 140 cm³/mol. The fourth-order valence-corrected chi connectivity index (χ4v) is 4.63. The first kappa shape index (κ1) is 30.8. The Morgan fingerprint density at radius 3 is 2.58 bits per heavy atom. The summed E-state index contributed by atoms with van der Waals surface area (Å²) in [6, 6.07) is 11.8. The summed E-state index contributed by atoms with van der Waals surface area (Å²) in [5.41, 5.74) is 9.58. The Bertz CT molecular complexity index is 1160. The first-order valence-electron chi connectivity index (χ1n) is 11.3. The molecule has 2 aliphatic rings. The molecular formula is C25H28ClKN6O2S. The molecule has 0 bridgehead atoms. The van der Waals surface area contributed by atoms with Crippen molar-refractivity contribution in [1.82, 2.24) is 20.8 Å². The summed E-state index contributed by atoms with van der Waals surface area (Å²) in [6.07, 6.45) is 7.72. The van der Waals surface area contributed by atoms with E-state index in [4.69, 9.17) is 32.0 Å². The number of ether oxygens (including phenoxy) is 1. The third-order valence-corrected chi connectivity index (χ3v) is 6.53. The number of aromatic hydroxyl groups is 1. The fourth-order valence-electron chi connectivity index (χ4n) is 3.25. The van der Waals surface area contributed by atoms with Crippen molar-refractivity contribution in [3.63, 3.8) is 0 Å². The molecule has 5 rings (SSSR count). The number of hydrazine groups is 1. The molecule has 36 heavy (non-hydrogen) atoms. The molecule has 1 saturated heterocycles. The second-order valence-electron chi connectivity index (χ2n) is 7.43. The van der Waals surface area contributed by atoms with Gasteiger partial charge in [-0.1, -0.05) is 37.6 Å². The van der Waals surface area contributed by atoms with Crippen LogP contribution in [0.2, 0.25) is 5.15 Å². The largest absolute Gasteiger partial charge is 1.00 e. The van der Waals surface area contributed by atoms with Crippen LogP contribution in [0.3, 0.4) is 0 Å². The average Bonchev–Trinajstić information content (AvgIpc) is 3.64. The van der Waals surface area contributed by atoms with Gasteiger partial charge in [-0.25, -0.2) is 10.4 Å². The van der Waals surface area contributed by atoms with E-state index in [1.807, 2.05) is 37.7 Å². The molecule has 8 nitrogen and oxygen atoms in total. The van der Waals surface area contributed by atoms with E-state index in [1.54, 1.807) is 43.9 Å². The van der Waals surface area contributed by atoms with Crippen molar-refractivity contribution in [2.45, 2.75) is 37.6 Å². The van der Waals surface area contributed by atoms with Gasteiger partial charge < -0.3 is 15.2 Å². The Kier molecular flexibility index (Phi) is 13.5. The maximum atomic E-state index is 8.79. The summed E-state index contributed by atoms with van der Waals surface area (Å²) < 4.78 is 5.41. The van der Waals surface area contributed by atoms with Gasteiger partial charge in [-0.2, -0.15) is 5.26 Å². The second-order valence-corrected chi connectivity index (χ2v) is 9.04. The van der Waals surface area contributed by atoms with Crippen molar-refractivity contribution < 1.29 is 61.2 Å². The van der Waals surface area contributed by atoms with Crippen molar-refractivity contribution in [3.05, 3.63) is 71.0 Å². The van der Waals surface area contributed by atoms with Crippen LogP contribution in [0.1, 0.15) is 32.3 Å². The van der Waals surface area contributed by atoms with Gasteiger partial charge in [0.25, 0.3) is 0 Å². The minimum atomic E-state index is -0.0277. The van der Waals surface area contributed by atoms with Crippen LogP contribution in [0.15, 0.2) is 55.0 Å².